The maximum atomic E-state index is 6.31. The quantitative estimate of drug-likeness (QED) is 0.746. The third kappa shape index (κ3) is 4.27. The van der Waals surface area contributed by atoms with E-state index in [-0.39, 0.29) is 6.04 Å². The molecule has 0 aliphatic rings. The van der Waals surface area contributed by atoms with Crippen LogP contribution in [0.25, 0.3) is 0 Å². The molecule has 0 aromatic heterocycles. The molecule has 1 atom stereocenters. The average molecular weight is 306 g/mol. The van der Waals surface area contributed by atoms with Gasteiger partial charge in [-0.05, 0) is 37.2 Å². The van der Waals surface area contributed by atoms with Crippen LogP contribution < -0.4 is 5.32 Å². The molecule has 0 spiro atoms. The molecule has 1 unspecified atom stereocenters. The molecule has 1 nitrogen and oxygen atoms in total. The minimum absolute atomic E-state index is 0.277. The number of rotatable bonds is 6. The molecule has 0 aliphatic carbocycles. The minimum Gasteiger partial charge on any atom is -0.309 e. The molecule has 0 saturated heterocycles. The van der Waals surface area contributed by atoms with Gasteiger partial charge in [0.1, 0.15) is 0 Å². The maximum Gasteiger partial charge on any atom is 0.0454 e. The molecule has 2 rings (SSSR count). The fourth-order valence-electron chi connectivity index (χ4n) is 2.15. The van der Waals surface area contributed by atoms with Gasteiger partial charge in [0.2, 0.25) is 0 Å². The van der Waals surface area contributed by atoms with E-state index in [0.29, 0.717) is 0 Å². The lowest BCUT2D eigenvalue weighted by Crippen LogP contribution is -2.23. The van der Waals surface area contributed by atoms with Gasteiger partial charge in [0, 0.05) is 21.7 Å². The van der Waals surface area contributed by atoms with Gasteiger partial charge in [-0.15, -0.1) is 11.8 Å². The topological polar surface area (TPSA) is 12.0 Å². The van der Waals surface area contributed by atoms with Crippen LogP contribution in [0.3, 0.4) is 0 Å². The highest BCUT2D eigenvalue weighted by Crippen LogP contribution is 2.29. The van der Waals surface area contributed by atoms with Gasteiger partial charge in [-0.1, -0.05) is 54.4 Å². The summed E-state index contributed by atoms with van der Waals surface area (Å²) in [5.74, 6) is 0.973. The van der Waals surface area contributed by atoms with E-state index in [0.717, 1.165) is 17.3 Å². The smallest absolute Gasteiger partial charge is 0.0454 e. The van der Waals surface area contributed by atoms with Crippen LogP contribution in [0, 0.1) is 6.92 Å². The van der Waals surface area contributed by atoms with Crippen LogP contribution in [0.2, 0.25) is 5.02 Å². The highest BCUT2D eigenvalue weighted by molar-refractivity contribution is 7.99. The normalized spacial score (nSPS) is 12.3. The predicted octanol–water partition coefficient (Wildman–Crippen LogP) is 5.09. The summed E-state index contributed by atoms with van der Waals surface area (Å²) in [5, 5.41) is 4.36. The minimum atomic E-state index is 0.277. The Balaban J connectivity index is 2.08. The van der Waals surface area contributed by atoms with E-state index in [2.05, 4.69) is 49.5 Å². The number of hydrogen-bond acceptors (Lipinski definition) is 2. The third-order valence-corrected chi connectivity index (χ3v) is 4.57. The largest absolute Gasteiger partial charge is 0.309 e. The zero-order valence-corrected chi connectivity index (χ0v) is 13.5. The van der Waals surface area contributed by atoms with Crippen molar-refractivity contribution in [3.8, 4) is 0 Å². The SMILES string of the molecule is CCNC(CSc1cccc(C)c1)c1ccccc1Cl. The fourth-order valence-corrected chi connectivity index (χ4v) is 3.52. The number of benzene rings is 2. The van der Waals surface area contributed by atoms with Crippen LogP contribution in [0.5, 0.6) is 0 Å². The fraction of sp³-hybridized carbons (Fsp3) is 0.294. The number of hydrogen-bond donors (Lipinski definition) is 1. The summed E-state index contributed by atoms with van der Waals surface area (Å²) in [6.07, 6.45) is 0. The lowest BCUT2D eigenvalue weighted by Gasteiger charge is -2.19. The molecule has 20 heavy (non-hydrogen) atoms. The van der Waals surface area contributed by atoms with Crippen molar-refractivity contribution in [3.05, 3.63) is 64.7 Å². The zero-order chi connectivity index (χ0) is 14.4. The van der Waals surface area contributed by atoms with Gasteiger partial charge in [-0.25, -0.2) is 0 Å². The molecule has 0 aliphatic heterocycles. The highest BCUT2D eigenvalue weighted by atomic mass is 35.5. The second-order valence-corrected chi connectivity index (χ2v) is 6.26. The van der Waals surface area contributed by atoms with Gasteiger partial charge in [-0.2, -0.15) is 0 Å². The van der Waals surface area contributed by atoms with Crippen molar-refractivity contribution >= 4 is 23.4 Å². The Morgan fingerprint density at radius 3 is 2.65 bits per heavy atom. The first kappa shape index (κ1) is 15.4. The van der Waals surface area contributed by atoms with Gasteiger partial charge in [-0.3, -0.25) is 0 Å². The first-order chi connectivity index (χ1) is 9.70. The third-order valence-electron chi connectivity index (χ3n) is 3.14. The van der Waals surface area contributed by atoms with Crippen molar-refractivity contribution < 1.29 is 0 Å². The molecule has 106 valence electrons. The molecular weight excluding hydrogens is 286 g/mol. The van der Waals surface area contributed by atoms with Gasteiger partial charge in [0.15, 0.2) is 0 Å². The van der Waals surface area contributed by atoms with Crippen molar-refractivity contribution in [2.75, 3.05) is 12.3 Å². The number of nitrogens with one attached hydrogen (secondary N) is 1. The van der Waals surface area contributed by atoms with E-state index < -0.39 is 0 Å². The Hall–Kier alpha value is -0.960. The van der Waals surface area contributed by atoms with Crippen LogP contribution >= 0.6 is 23.4 Å². The lowest BCUT2D eigenvalue weighted by atomic mass is 10.1. The molecule has 2 aromatic carbocycles. The molecule has 2 aromatic rings. The van der Waals surface area contributed by atoms with Crippen LogP contribution in [0.4, 0.5) is 0 Å². The van der Waals surface area contributed by atoms with Crippen molar-refractivity contribution in [2.45, 2.75) is 24.8 Å². The molecule has 0 saturated carbocycles. The van der Waals surface area contributed by atoms with E-state index in [1.807, 2.05) is 30.0 Å². The summed E-state index contributed by atoms with van der Waals surface area (Å²) in [6, 6.07) is 17.0. The first-order valence-corrected chi connectivity index (χ1v) is 8.24. The Labute approximate surface area is 130 Å². The lowest BCUT2D eigenvalue weighted by molar-refractivity contribution is 0.606. The zero-order valence-electron chi connectivity index (χ0n) is 11.9. The van der Waals surface area contributed by atoms with Gasteiger partial charge in [0.25, 0.3) is 0 Å². The number of aryl methyl sites for hydroxylation is 1. The van der Waals surface area contributed by atoms with Crippen LogP contribution in [-0.2, 0) is 0 Å². The maximum absolute atomic E-state index is 6.31. The van der Waals surface area contributed by atoms with E-state index in [4.69, 9.17) is 11.6 Å². The van der Waals surface area contributed by atoms with E-state index in [1.165, 1.54) is 16.0 Å². The van der Waals surface area contributed by atoms with Gasteiger partial charge < -0.3 is 5.32 Å². The molecule has 1 N–H and O–H groups in total. The van der Waals surface area contributed by atoms with E-state index in [1.54, 1.807) is 0 Å². The van der Waals surface area contributed by atoms with Crippen molar-refractivity contribution in [3.63, 3.8) is 0 Å². The predicted molar refractivity (Wildman–Crippen MR) is 89.8 cm³/mol. The first-order valence-electron chi connectivity index (χ1n) is 6.88. The molecule has 0 heterocycles. The molecule has 0 fully saturated rings. The summed E-state index contributed by atoms with van der Waals surface area (Å²) < 4.78 is 0. The highest BCUT2D eigenvalue weighted by Gasteiger charge is 2.13. The molecule has 3 heteroatoms. The van der Waals surface area contributed by atoms with Crippen molar-refractivity contribution in [1.29, 1.82) is 0 Å². The molecule has 0 radical (unpaired) electrons. The molecule has 0 amide bonds. The van der Waals surface area contributed by atoms with Crippen LogP contribution in [0.15, 0.2) is 53.4 Å². The Bertz CT molecular complexity index is 556. The van der Waals surface area contributed by atoms with Crippen LogP contribution in [-0.4, -0.2) is 12.3 Å². The molecular formula is C17H20ClNS. The van der Waals surface area contributed by atoms with Crippen molar-refractivity contribution in [2.24, 2.45) is 0 Å². The van der Waals surface area contributed by atoms with Crippen molar-refractivity contribution in [1.82, 2.24) is 5.32 Å². The standard InChI is InChI=1S/C17H20ClNS/c1-3-19-17(15-9-4-5-10-16(15)18)12-20-14-8-6-7-13(2)11-14/h4-11,17,19H,3,12H2,1-2H3. The van der Waals surface area contributed by atoms with Crippen LogP contribution in [0.1, 0.15) is 24.1 Å². The number of thioether (sulfide) groups is 1. The summed E-state index contributed by atoms with van der Waals surface area (Å²) >= 11 is 8.18. The second kappa shape index (κ2) is 7.72. The van der Waals surface area contributed by atoms with E-state index in [9.17, 15) is 0 Å². The summed E-state index contributed by atoms with van der Waals surface area (Å²) in [6.45, 7) is 5.19. The monoisotopic (exact) mass is 305 g/mol. The number of halogens is 1. The average Bonchev–Trinajstić information content (AvgIpc) is 2.44. The van der Waals surface area contributed by atoms with Gasteiger partial charge in [0.05, 0.1) is 0 Å². The Kier molecular flexibility index (Phi) is 5.96. The second-order valence-electron chi connectivity index (χ2n) is 4.76. The summed E-state index contributed by atoms with van der Waals surface area (Å²) in [7, 11) is 0. The van der Waals surface area contributed by atoms with E-state index >= 15 is 0 Å². The Morgan fingerprint density at radius 2 is 1.95 bits per heavy atom. The summed E-state index contributed by atoms with van der Waals surface area (Å²) in [4.78, 5) is 1.31. The summed E-state index contributed by atoms with van der Waals surface area (Å²) in [5.41, 5.74) is 2.48. The Morgan fingerprint density at radius 1 is 1.15 bits per heavy atom. The molecule has 0 bridgehead atoms. The van der Waals surface area contributed by atoms with Gasteiger partial charge >= 0.3 is 0 Å².